The van der Waals surface area contributed by atoms with Crippen LogP contribution in [0.1, 0.15) is 25.3 Å². The number of rotatable bonds is 4. The number of carbonyl (C=O) groups is 3. The molecule has 0 bridgehead atoms. The summed E-state index contributed by atoms with van der Waals surface area (Å²) in [7, 11) is 0. The molecule has 0 fully saturated rings. The Hall–Kier alpha value is -2.70. The van der Waals surface area contributed by atoms with Crippen LogP contribution in [0.15, 0.2) is 29.4 Å². The minimum Gasteiger partial charge on any atom is -0.456 e. The van der Waals surface area contributed by atoms with E-state index in [2.05, 4.69) is 20.6 Å². The summed E-state index contributed by atoms with van der Waals surface area (Å²) in [4.78, 5) is 33.1. The summed E-state index contributed by atoms with van der Waals surface area (Å²) in [5.41, 5.74) is 4.71. The number of carbonyl (C=O) groups excluding carboxylic acids is 3. The lowest BCUT2D eigenvalue weighted by atomic mass is 10.0. The minimum atomic E-state index is -0.502. The Morgan fingerprint density at radius 2 is 2.00 bits per heavy atom. The smallest absolute Gasteiger partial charge is 0.303 e. The highest BCUT2D eigenvalue weighted by Gasteiger charge is 2.13. The molecule has 0 saturated carbocycles. The van der Waals surface area contributed by atoms with E-state index < -0.39 is 11.9 Å². The van der Waals surface area contributed by atoms with Gasteiger partial charge in [-0.15, -0.1) is 0 Å². The van der Waals surface area contributed by atoms with Crippen LogP contribution in [-0.4, -0.2) is 30.1 Å². The quantitative estimate of drug-likeness (QED) is 0.801. The van der Waals surface area contributed by atoms with Crippen LogP contribution in [0.3, 0.4) is 0 Å². The van der Waals surface area contributed by atoms with Crippen LogP contribution in [0.25, 0.3) is 0 Å². The van der Waals surface area contributed by atoms with Gasteiger partial charge in [-0.05, 0) is 17.7 Å². The molecule has 1 aromatic rings. The Bertz CT molecular complexity index is 593. The average Bonchev–Trinajstić information content (AvgIpc) is 2.47. The monoisotopic (exact) mass is 289 g/mol. The maximum absolute atomic E-state index is 11.5. The van der Waals surface area contributed by atoms with Crippen LogP contribution in [0.2, 0.25) is 0 Å². The van der Waals surface area contributed by atoms with E-state index in [-0.39, 0.29) is 12.5 Å². The van der Waals surface area contributed by atoms with Crippen molar-refractivity contribution in [2.24, 2.45) is 5.10 Å². The molecule has 21 heavy (non-hydrogen) atoms. The van der Waals surface area contributed by atoms with Gasteiger partial charge in [0.15, 0.2) is 6.61 Å². The molecule has 7 nitrogen and oxygen atoms in total. The van der Waals surface area contributed by atoms with Crippen molar-refractivity contribution < 1.29 is 19.1 Å². The van der Waals surface area contributed by atoms with Crippen molar-refractivity contribution in [3.8, 4) is 0 Å². The number of esters is 1. The van der Waals surface area contributed by atoms with Crippen LogP contribution >= 0.6 is 0 Å². The van der Waals surface area contributed by atoms with Gasteiger partial charge in [-0.25, -0.2) is 5.43 Å². The van der Waals surface area contributed by atoms with E-state index in [4.69, 9.17) is 0 Å². The number of nitrogens with zero attached hydrogens (tertiary/aromatic N) is 1. The van der Waals surface area contributed by atoms with Crippen LogP contribution in [-0.2, 0) is 19.1 Å². The number of ether oxygens (including phenoxy) is 1. The normalized spacial score (nSPS) is 14.0. The Kier molecular flexibility index (Phi) is 4.65. The lowest BCUT2D eigenvalue weighted by Gasteiger charge is -2.12. The molecule has 1 aliphatic rings. The van der Waals surface area contributed by atoms with Crippen molar-refractivity contribution in [2.75, 3.05) is 11.9 Å². The second kappa shape index (κ2) is 6.65. The van der Waals surface area contributed by atoms with Gasteiger partial charge in [0.25, 0.3) is 5.91 Å². The van der Waals surface area contributed by atoms with E-state index in [9.17, 15) is 14.4 Å². The lowest BCUT2D eigenvalue weighted by Crippen LogP contribution is -2.25. The first kappa shape index (κ1) is 14.7. The molecule has 1 heterocycles. The maximum Gasteiger partial charge on any atom is 0.303 e. The molecule has 1 aromatic carbocycles. The first-order chi connectivity index (χ1) is 10.0. The predicted molar refractivity (Wildman–Crippen MR) is 75.6 cm³/mol. The number of amides is 2. The molecular weight excluding hydrogens is 274 g/mol. The second-order valence-corrected chi connectivity index (χ2v) is 4.50. The van der Waals surface area contributed by atoms with Gasteiger partial charge in [0.2, 0.25) is 5.91 Å². The molecule has 0 saturated heterocycles. The Balaban J connectivity index is 1.94. The third-order valence-corrected chi connectivity index (χ3v) is 2.81. The molecule has 0 spiro atoms. The standard InChI is InChI=1S/C14H15N3O4/c1-9(18)21-8-14(20)15-11-4-2-10(3-5-11)12-6-7-13(19)17-16-12/h2-5H,6-8H2,1H3,(H,15,20)(H,17,19). The second-order valence-electron chi connectivity index (χ2n) is 4.50. The third-order valence-electron chi connectivity index (χ3n) is 2.81. The van der Waals surface area contributed by atoms with Crippen molar-refractivity contribution in [3.63, 3.8) is 0 Å². The molecule has 7 heteroatoms. The summed E-state index contributed by atoms with van der Waals surface area (Å²) in [6.07, 6.45) is 1.00. The van der Waals surface area contributed by atoms with Crippen molar-refractivity contribution in [1.82, 2.24) is 5.43 Å². The van der Waals surface area contributed by atoms with Gasteiger partial charge in [0.1, 0.15) is 0 Å². The predicted octanol–water partition coefficient (Wildman–Crippen LogP) is 0.802. The number of nitrogens with one attached hydrogen (secondary N) is 2. The van der Waals surface area contributed by atoms with Gasteiger partial charge < -0.3 is 10.1 Å². The largest absolute Gasteiger partial charge is 0.456 e. The summed E-state index contributed by atoms with van der Waals surface area (Å²) in [5.74, 6) is -0.994. The fourth-order valence-electron chi connectivity index (χ4n) is 1.79. The van der Waals surface area contributed by atoms with Crippen molar-refractivity contribution in [2.45, 2.75) is 19.8 Å². The molecular formula is C14H15N3O4. The zero-order chi connectivity index (χ0) is 15.2. The molecule has 2 N–H and O–H groups in total. The fraction of sp³-hybridized carbons (Fsp3) is 0.286. The van der Waals surface area contributed by atoms with E-state index >= 15 is 0 Å². The Labute approximate surface area is 121 Å². The number of benzene rings is 1. The first-order valence-electron chi connectivity index (χ1n) is 6.43. The Morgan fingerprint density at radius 3 is 2.57 bits per heavy atom. The highest BCUT2D eigenvalue weighted by molar-refractivity contribution is 6.04. The molecule has 0 unspecified atom stereocenters. The number of hydrogen-bond acceptors (Lipinski definition) is 5. The van der Waals surface area contributed by atoms with Crippen LogP contribution in [0.5, 0.6) is 0 Å². The first-order valence-corrected chi connectivity index (χ1v) is 6.43. The summed E-state index contributed by atoms with van der Waals surface area (Å²) in [6.45, 7) is 0.932. The van der Waals surface area contributed by atoms with Crippen LogP contribution in [0, 0.1) is 0 Å². The summed E-state index contributed by atoms with van der Waals surface area (Å²) in [6, 6.07) is 7.05. The van der Waals surface area contributed by atoms with Gasteiger partial charge in [-0.3, -0.25) is 14.4 Å². The molecule has 2 amide bonds. The topological polar surface area (TPSA) is 96.9 Å². The van der Waals surface area contributed by atoms with Crippen molar-refractivity contribution >= 4 is 29.2 Å². The van der Waals surface area contributed by atoms with Gasteiger partial charge in [-0.2, -0.15) is 5.10 Å². The van der Waals surface area contributed by atoms with Crippen molar-refractivity contribution in [3.05, 3.63) is 29.8 Å². The van der Waals surface area contributed by atoms with E-state index in [0.29, 0.717) is 18.5 Å². The molecule has 0 radical (unpaired) electrons. The molecule has 0 atom stereocenters. The number of anilines is 1. The summed E-state index contributed by atoms with van der Waals surface area (Å²) >= 11 is 0. The van der Waals surface area contributed by atoms with Crippen LogP contribution in [0.4, 0.5) is 5.69 Å². The minimum absolute atomic E-state index is 0.0897. The van der Waals surface area contributed by atoms with Crippen LogP contribution < -0.4 is 10.7 Å². The van der Waals surface area contributed by atoms with E-state index in [1.807, 2.05) is 0 Å². The van der Waals surface area contributed by atoms with E-state index in [1.165, 1.54) is 6.92 Å². The van der Waals surface area contributed by atoms with Crippen molar-refractivity contribution in [1.29, 1.82) is 0 Å². The average molecular weight is 289 g/mol. The van der Waals surface area contributed by atoms with E-state index in [0.717, 1.165) is 11.3 Å². The lowest BCUT2D eigenvalue weighted by molar-refractivity contribution is -0.144. The van der Waals surface area contributed by atoms with Gasteiger partial charge in [0.05, 0.1) is 5.71 Å². The maximum atomic E-state index is 11.5. The summed E-state index contributed by atoms with van der Waals surface area (Å²) < 4.78 is 4.59. The summed E-state index contributed by atoms with van der Waals surface area (Å²) in [5, 5.41) is 6.60. The molecule has 110 valence electrons. The zero-order valence-corrected chi connectivity index (χ0v) is 11.5. The number of hydrogen-bond donors (Lipinski definition) is 2. The molecule has 0 aromatic heterocycles. The van der Waals surface area contributed by atoms with E-state index in [1.54, 1.807) is 24.3 Å². The number of hydrazone groups is 1. The molecule has 2 rings (SSSR count). The highest BCUT2D eigenvalue weighted by atomic mass is 16.5. The zero-order valence-electron chi connectivity index (χ0n) is 11.5. The molecule has 0 aliphatic carbocycles. The molecule has 1 aliphatic heterocycles. The Morgan fingerprint density at radius 1 is 1.29 bits per heavy atom. The van der Waals surface area contributed by atoms with Gasteiger partial charge in [-0.1, -0.05) is 12.1 Å². The highest BCUT2D eigenvalue weighted by Crippen LogP contribution is 2.14. The fourth-order valence-corrected chi connectivity index (χ4v) is 1.79. The third kappa shape index (κ3) is 4.41. The van der Waals surface area contributed by atoms with Gasteiger partial charge in [0, 0.05) is 25.5 Å². The SMILES string of the molecule is CC(=O)OCC(=O)Nc1ccc(C2=NNC(=O)CC2)cc1. The van der Waals surface area contributed by atoms with Gasteiger partial charge >= 0.3 is 5.97 Å².